The van der Waals surface area contributed by atoms with E-state index in [1.54, 1.807) is 18.2 Å². The highest BCUT2D eigenvalue weighted by molar-refractivity contribution is 6.38. The van der Waals surface area contributed by atoms with Crippen molar-refractivity contribution < 1.29 is 0 Å². The first kappa shape index (κ1) is 14.7. The van der Waals surface area contributed by atoms with Crippen LogP contribution in [-0.4, -0.2) is 0 Å². The van der Waals surface area contributed by atoms with Gasteiger partial charge in [-0.15, -0.1) is 0 Å². The van der Waals surface area contributed by atoms with E-state index in [0.29, 0.717) is 21.2 Å². The third-order valence-electron chi connectivity index (χ3n) is 3.48. The fraction of sp³-hybridized carbons (Fsp3) is 0. The second kappa shape index (κ2) is 6.23. The molecule has 3 aromatic carbocycles. The third-order valence-corrected chi connectivity index (χ3v) is 4.11. The Bertz CT molecular complexity index is 895. The Balaban J connectivity index is 2.23. The summed E-state index contributed by atoms with van der Waals surface area (Å²) in [7, 11) is 0. The number of rotatable bonds is 2. The third kappa shape index (κ3) is 2.72. The monoisotopic (exact) mass is 323 g/mol. The SMILES string of the molecule is N#CC(=Cc1cccc2ccccc12)c1c(Cl)cccc1Cl. The van der Waals surface area contributed by atoms with Gasteiger partial charge < -0.3 is 0 Å². The van der Waals surface area contributed by atoms with Gasteiger partial charge in [-0.3, -0.25) is 0 Å². The van der Waals surface area contributed by atoms with Crippen LogP contribution in [0.1, 0.15) is 11.1 Å². The molecule has 0 atom stereocenters. The van der Waals surface area contributed by atoms with Crippen LogP contribution in [0.15, 0.2) is 60.7 Å². The molecule has 0 aliphatic rings. The smallest absolute Gasteiger partial charge is 0.0999 e. The summed E-state index contributed by atoms with van der Waals surface area (Å²) >= 11 is 12.4. The van der Waals surface area contributed by atoms with Crippen molar-refractivity contribution in [3.8, 4) is 6.07 Å². The molecule has 0 fully saturated rings. The molecule has 0 bridgehead atoms. The lowest BCUT2D eigenvalue weighted by Crippen LogP contribution is -1.87. The number of benzene rings is 3. The number of fused-ring (bicyclic) bond motifs is 1. The van der Waals surface area contributed by atoms with Crippen molar-refractivity contribution in [2.24, 2.45) is 0 Å². The minimum absolute atomic E-state index is 0.451. The Labute approximate surface area is 139 Å². The normalized spacial score (nSPS) is 11.4. The summed E-state index contributed by atoms with van der Waals surface area (Å²) in [5.41, 5.74) is 1.99. The van der Waals surface area contributed by atoms with Crippen molar-refractivity contribution >= 4 is 45.6 Å². The molecular weight excluding hydrogens is 313 g/mol. The van der Waals surface area contributed by atoms with Gasteiger partial charge in [0, 0.05) is 5.56 Å². The van der Waals surface area contributed by atoms with E-state index in [4.69, 9.17) is 23.2 Å². The van der Waals surface area contributed by atoms with Crippen LogP contribution >= 0.6 is 23.2 Å². The van der Waals surface area contributed by atoms with Crippen LogP contribution in [0.5, 0.6) is 0 Å². The molecule has 0 unspecified atom stereocenters. The van der Waals surface area contributed by atoms with Crippen molar-refractivity contribution in [3.05, 3.63) is 81.8 Å². The molecular formula is C19H11Cl2N. The summed E-state index contributed by atoms with van der Waals surface area (Å²) in [6.45, 7) is 0. The molecule has 0 saturated heterocycles. The molecule has 0 saturated carbocycles. The Kier molecular flexibility index (Phi) is 4.15. The second-order valence-electron chi connectivity index (χ2n) is 4.83. The zero-order valence-corrected chi connectivity index (χ0v) is 13.1. The lowest BCUT2D eigenvalue weighted by atomic mass is 9.99. The first-order valence-corrected chi connectivity index (χ1v) is 7.50. The molecule has 0 spiro atoms. The minimum Gasteiger partial charge on any atom is -0.192 e. The number of allylic oxidation sites excluding steroid dienone is 1. The van der Waals surface area contributed by atoms with Crippen molar-refractivity contribution in [3.63, 3.8) is 0 Å². The summed E-state index contributed by atoms with van der Waals surface area (Å²) in [6, 6.07) is 21.5. The van der Waals surface area contributed by atoms with Gasteiger partial charge >= 0.3 is 0 Å². The van der Waals surface area contributed by atoms with Crippen LogP contribution in [-0.2, 0) is 0 Å². The van der Waals surface area contributed by atoms with Crippen LogP contribution < -0.4 is 0 Å². The molecule has 0 aromatic heterocycles. The predicted molar refractivity (Wildman–Crippen MR) is 93.9 cm³/mol. The van der Waals surface area contributed by atoms with E-state index in [1.807, 2.05) is 48.5 Å². The predicted octanol–water partition coefficient (Wildman–Crippen LogP) is 6.21. The van der Waals surface area contributed by atoms with E-state index in [-0.39, 0.29) is 0 Å². The van der Waals surface area contributed by atoms with E-state index >= 15 is 0 Å². The molecule has 0 heterocycles. The summed E-state index contributed by atoms with van der Waals surface area (Å²) in [6.07, 6.45) is 1.83. The summed E-state index contributed by atoms with van der Waals surface area (Å²) in [5.74, 6) is 0. The average Bonchev–Trinajstić information content (AvgIpc) is 2.54. The van der Waals surface area contributed by atoms with E-state index in [0.717, 1.165) is 16.3 Å². The molecule has 0 aliphatic carbocycles. The molecule has 0 radical (unpaired) electrons. The topological polar surface area (TPSA) is 23.8 Å². The first-order valence-electron chi connectivity index (χ1n) is 6.74. The van der Waals surface area contributed by atoms with Gasteiger partial charge in [-0.25, -0.2) is 0 Å². The maximum atomic E-state index is 9.53. The summed E-state index contributed by atoms with van der Waals surface area (Å²) in [5, 5.41) is 12.7. The molecule has 3 aromatic rings. The van der Waals surface area contributed by atoms with Gasteiger partial charge in [-0.1, -0.05) is 71.7 Å². The zero-order valence-electron chi connectivity index (χ0n) is 11.6. The zero-order chi connectivity index (χ0) is 15.5. The van der Waals surface area contributed by atoms with Crippen LogP contribution in [0, 0.1) is 11.3 Å². The highest BCUT2D eigenvalue weighted by atomic mass is 35.5. The van der Waals surface area contributed by atoms with Crippen LogP contribution in [0.25, 0.3) is 22.4 Å². The maximum absolute atomic E-state index is 9.53. The molecule has 0 N–H and O–H groups in total. The maximum Gasteiger partial charge on any atom is 0.0999 e. The first-order chi connectivity index (χ1) is 10.7. The highest BCUT2D eigenvalue weighted by Crippen LogP contribution is 2.33. The van der Waals surface area contributed by atoms with Crippen LogP contribution in [0.3, 0.4) is 0 Å². The summed E-state index contributed by atoms with van der Waals surface area (Å²) < 4.78 is 0. The van der Waals surface area contributed by atoms with Crippen molar-refractivity contribution in [2.45, 2.75) is 0 Å². The summed E-state index contributed by atoms with van der Waals surface area (Å²) in [4.78, 5) is 0. The lowest BCUT2D eigenvalue weighted by Gasteiger charge is -2.07. The van der Waals surface area contributed by atoms with Gasteiger partial charge in [0.15, 0.2) is 0 Å². The molecule has 1 nitrogen and oxygen atoms in total. The number of nitrogens with zero attached hydrogens (tertiary/aromatic N) is 1. The van der Waals surface area contributed by atoms with Crippen LogP contribution in [0.4, 0.5) is 0 Å². The lowest BCUT2D eigenvalue weighted by molar-refractivity contribution is 1.52. The second-order valence-corrected chi connectivity index (χ2v) is 5.65. The Morgan fingerprint density at radius 3 is 2.23 bits per heavy atom. The minimum atomic E-state index is 0.451. The van der Waals surface area contributed by atoms with Gasteiger partial charge in [0.25, 0.3) is 0 Å². The fourth-order valence-corrected chi connectivity index (χ4v) is 3.05. The van der Waals surface area contributed by atoms with Crippen molar-refractivity contribution in [1.29, 1.82) is 5.26 Å². The molecule has 106 valence electrons. The number of hydrogen-bond acceptors (Lipinski definition) is 1. The Morgan fingerprint density at radius 1 is 0.864 bits per heavy atom. The molecule has 3 heteroatoms. The molecule has 22 heavy (non-hydrogen) atoms. The Morgan fingerprint density at radius 2 is 1.50 bits per heavy atom. The molecule has 3 rings (SSSR count). The van der Waals surface area contributed by atoms with Gasteiger partial charge in [-0.2, -0.15) is 5.26 Å². The fourth-order valence-electron chi connectivity index (χ4n) is 2.45. The van der Waals surface area contributed by atoms with Crippen molar-refractivity contribution in [2.75, 3.05) is 0 Å². The van der Waals surface area contributed by atoms with Crippen LogP contribution in [0.2, 0.25) is 10.0 Å². The van der Waals surface area contributed by atoms with E-state index in [9.17, 15) is 5.26 Å². The number of nitriles is 1. The number of hydrogen-bond donors (Lipinski definition) is 0. The van der Waals surface area contributed by atoms with E-state index in [1.165, 1.54) is 0 Å². The average molecular weight is 324 g/mol. The van der Waals surface area contributed by atoms with Crippen molar-refractivity contribution in [1.82, 2.24) is 0 Å². The highest BCUT2D eigenvalue weighted by Gasteiger charge is 2.11. The van der Waals surface area contributed by atoms with Gasteiger partial charge in [0.05, 0.1) is 21.7 Å². The van der Waals surface area contributed by atoms with Gasteiger partial charge in [0.1, 0.15) is 0 Å². The van der Waals surface area contributed by atoms with E-state index < -0.39 is 0 Å². The standard InChI is InChI=1S/C19H11Cl2N/c20-17-9-4-10-18(21)19(17)15(12-22)11-14-7-3-6-13-5-1-2-8-16(13)14/h1-11H. The largest absolute Gasteiger partial charge is 0.192 e. The number of halogens is 2. The van der Waals surface area contributed by atoms with Gasteiger partial charge in [0.2, 0.25) is 0 Å². The van der Waals surface area contributed by atoms with E-state index in [2.05, 4.69) is 6.07 Å². The quantitative estimate of drug-likeness (QED) is 0.406. The molecule has 0 aliphatic heterocycles. The Hall–Kier alpha value is -2.27. The molecule has 0 amide bonds. The van der Waals surface area contributed by atoms with Gasteiger partial charge in [-0.05, 0) is 34.5 Å².